The first-order valence-corrected chi connectivity index (χ1v) is 7.57. The lowest BCUT2D eigenvalue weighted by molar-refractivity contribution is 0.585. The van der Waals surface area contributed by atoms with Crippen LogP contribution in [0.3, 0.4) is 0 Å². The van der Waals surface area contributed by atoms with Crippen molar-refractivity contribution in [3.05, 3.63) is 0 Å². The summed E-state index contributed by atoms with van der Waals surface area (Å²) in [5.74, 6) is -0.185. The molecule has 0 aromatic rings. The lowest BCUT2D eigenvalue weighted by atomic mass is 10.8. The van der Waals surface area contributed by atoms with E-state index in [1.807, 2.05) is 0 Å². The maximum Gasteiger partial charge on any atom is 0.225 e. The molecular formula is C5H12ClNO4S2. The molecular weight excluding hydrogens is 238 g/mol. The maximum absolute atomic E-state index is 10.9. The van der Waals surface area contributed by atoms with Crippen molar-refractivity contribution in [1.29, 1.82) is 0 Å². The SMILES string of the molecule is CCS(=O)(=O)CCNS(=O)(=O)CCl. The molecule has 0 unspecified atom stereocenters. The van der Waals surface area contributed by atoms with E-state index in [1.165, 1.54) is 6.92 Å². The second-order valence-corrected chi connectivity index (χ2v) is 7.22. The lowest BCUT2D eigenvalue weighted by Crippen LogP contribution is -2.30. The Morgan fingerprint density at radius 1 is 1.23 bits per heavy atom. The molecule has 0 amide bonds. The molecule has 0 saturated carbocycles. The number of sulfone groups is 1. The molecule has 0 atom stereocenters. The van der Waals surface area contributed by atoms with Crippen molar-refractivity contribution in [1.82, 2.24) is 4.72 Å². The van der Waals surface area contributed by atoms with Gasteiger partial charge in [0.15, 0.2) is 9.84 Å². The minimum atomic E-state index is -3.50. The van der Waals surface area contributed by atoms with Crippen LogP contribution in [0.2, 0.25) is 0 Å². The van der Waals surface area contributed by atoms with Crippen molar-refractivity contribution < 1.29 is 16.8 Å². The first kappa shape index (κ1) is 13.2. The summed E-state index contributed by atoms with van der Waals surface area (Å²) in [5.41, 5.74) is 0. The molecule has 0 rings (SSSR count). The van der Waals surface area contributed by atoms with E-state index in [-0.39, 0.29) is 18.1 Å². The van der Waals surface area contributed by atoms with Gasteiger partial charge < -0.3 is 0 Å². The highest BCUT2D eigenvalue weighted by molar-refractivity contribution is 7.91. The van der Waals surface area contributed by atoms with Gasteiger partial charge in [-0.25, -0.2) is 21.6 Å². The van der Waals surface area contributed by atoms with Crippen molar-refractivity contribution in [3.8, 4) is 0 Å². The smallest absolute Gasteiger partial charge is 0.225 e. The summed E-state index contributed by atoms with van der Waals surface area (Å²) in [6.45, 7) is 1.39. The predicted octanol–water partition coefficient (Wildman–Crippen LogP) is -0.463. The molecule has 0 bridgehead atoms. The highest BCUT2D eigenvalue weighted by atomic mass is 35.5. The van der Waals surface area contributed by atoms with E-state index < -0.39 is 25.1 Å². The van der Waals surface area contributed by atoms with Crippen LogP contribution in [0.4, 0.5) is 0 Å². The van der Waals surface area contributed by atoms with Gasteiger partial charge in [0.1, 0.15) is 5.21 Å². The molecule has 80 valence electrons. The fourth-order valence-corrected chi connectivity index (χ4v) is 2.09. The van der Waals surface area contributed by atoms with Gasteiger partial charge in [-0.15, -0.1) is 11.6 Å². The fraction of sp³-hybridized carbons (Fsp3) is 1.00. The van der Waals surface area contributed by atoms with Crippen LogP contribution >= 0.6 is 11.6 Å². The molecule has 0 heterocycles. The Morgan fingerprint density at radius 3 is 2.15 bits per heavy atom. The summed E-state index contributed by atoms with van der Waals surface area (Å²) >= 11 is 5.08. The van der Waals surface area contributed by atoms with E-state index in [0.29, 0.717) is 0 Å². The fourth-order valence-electron chi connectivity index (χ4n) is 0.536. The van der Waals surface area contributed by atoms with Gasteiger partial charge >= 0.3 is 0 Å². The molecule has 0 radical (unpaired) electrons. The third-order valence-electron chi connectivity index (χ3n) is 1.32. The third kappa shape index (κ3) is 6.25. The van der Waals surface area contributed by atoms with Crippen molar-refractivity contribution >= 4 is 31.5 Å². The Bertz CT molecular complexity index is 300. The van der Waals surface area contributed by atoms with E-state index in [0.717, 1.165) is 0 Å². The molecule has 0 aromatic carbocycles. The average molecular weight is 250 g/mol. The van der Waals surface area contributed by atoms with Crippen LogP contribution in [-0.4, -0.2) is 40.1 Å². The standard InChI is InChI=1S/C5H12ClNO4S2/c1-2-12(8,9)4-3-7-13(10,11)5-6/h7H,2-5H2,1H3. The quantitative estimate of drug-likeness (QED) is 0.646. The molecule has 0 aromatic heterocycles. The number of nitrogens with one attached hydrogen (secondary N) is 1. The van der Waals surface area contributed by atoms with Crippen molar-refractivity contribution in [3.63, 3.8) is 0 Å². The van der Waals surface area contributed by atoms with E-state index in [1.54, 1.807) is 0 Å². The number of halogens is 1. The largest absolute Gasteiger partial charge is 0.229 e. The molecule has 0 fully saturated rings. The van der Waals surface area contributed by atoms with E-state index >= 15 is 0 Å². The van der Waals surface area contributed by atoms with E-state index in [9.17, 15) is 16.8 Å². The number of hydrogen-bond acceptors (Lipinski definition) is 4. The topological polar surface area (TPSA) is 80.3 Å². The van der Waals surface area contributed by atoms with Crippen LogP contribution in [0, 0.1) is 0 Å². The number of rotatable bonds is 6. The van der Waals surface area contributed by atoms with Crippen LogP contribution in [0.25, 0.3) is 0 Å². The number of sulfonamides is 1. The van der Waals surface area contributed by atoms with Gasteiger partial charge in [0, 0.05) is 12.3 Å². The summed E-state index contributed by atoms with van der Waals surface area (Å²) in [5, 5.41) is -0.556. The second-order valence-electron chi connectivity index (χ2n) is 2.35. The molecule has 8 heteroatoms. The van der Waals surface area contributed by atoms with Gasteiger partial charge in [0.05, 0.1) is 5.75 Å². The summed E-state index contributed by atoms with van der Waals surface area (Å²) in [7, 11) is -6.62. The van der Waals surface area contributed by atoms with Gasteiger partial charge in [-0.05, 0) is 0 Å². The zero-order valence-corrected chi connectivity index (χ0v) is 9.54. The highest BCUT2D eigenvalue weighted by Crippen LogP contribution is 1.90. The zero-order valence-electron chi connectivity index (χ0n) is 7.16. The zero-order chi connectivity index (χ0) is 10.5. The van der Waals surface area contributed by atoms with Gasteiger partial charge in [0.25, 0.3) is 0 Å². The summed E-state index contributed by atoms with van der Waals surface area (Å²) in [6.07, 6.45) is 0. The summed E-state index contributed by atoms with van der Waals surface area (Å²) < 4.78 is 45.3. The molecule has 0 aliphatic rings. The number of hydrogen-bond donors (Lipinski definition) is 1. The summed E-state index contributed by atoms with van der Waals surface area (Å²) in [6, 6.07) is 0. The minimum absolute atomic E-state index is 0.00953. The van der Waals surface area contributed by atoms with Gasteiger partial charge in [0.2, 0.25) is 10.0 Å². The monoisotopic (exact) mass is 249 g/mol. The first-order valence-electron chi connectivity index (χ1n) is 3.56. The molecule has 1 N–H and O–H groups in total. The van der Waals surface area contributed by atoms with Crippen LogP contribution in [-0.2, 0) is 19.9 Å². The van der Waals surface area contributed by atoms with Crippen molar-refractivity contribution in [2.75, 3.05) is 23.3 Å². The summed E-state index contributed by atoms with van der Waals surface area (Å²) in [4.78, 5) is 0. The molecule has 5 nitrogen and oxygen atoms in total. The Kier molecular flexibility index (Phi) is 5.19. The van der Waals surface area contributed by atoms with E-state index in [4.69, 9.17) is 11.6 Å². The minimum Gasteiger partial charge on any atom is -0.229 e. The van der Waals surface area contributed by atoms with Crippen molar-refractivity contribution in [2.45, 2.75) is 6.92 Å². The second kappa shape index (κ2) is 5.14. The molecule has 0 spiro atoms. The average Bonchev–Trinajstić information content (AvgIpc) is 2.04. The highest BCUT2D eigenvalue weighted by Gasteiger charge is 2.11. The Balaban J connectivity index is 3.96. The molecule has 0 aliphatic carbocycles. The Hall–Kier alpha value is 0.150. The molecule has 0 aliphatic heterocycles. The Morgan fingerprint density at radius 2 is 1.77 bits per heavy atom. The van der Waals surface area contributed by atoms with Crippen LogP contribution < -0.4 is 4.72 Å². The molecule has 0 saturated heterocycles. The maximum atomic E-state index is 10.9. The predicted molar refractivity (Wildman–Crippen MR) is 52.0 cm³/mol. The first-order chi connectivity index (χ1) is 5.83. The molecule has 13 heavy (non-hydrogen) atoms. The van der Waals surface area contributed by atoms with Gasteiger partial charge in [-0.1, -0.05) is 6.92 Å². The lowest BCUT2D eigenvalue weighted by Gasteiger charge is -2.02. The van der Waals surface area contributed by atoms with Crippen molar-refractivity contribution in [2.24, 2.45) is 0 Å². The van der Waals surface area contributed by atoms with Crippen LogP contribution in [0.1, 0.15) is 6.92 Å². The Labute approximate surface area is 83.4 Å². The van der Waals surface area contributed by atoms with E-state index in [2.05, 4.69) is 4.72 Å². The van der Waals surface area contributed by atoms with Crippen LogP contribution in [0.15, 0.2) is 0 Å². The normalized spacial score (nSPS) is 13.1. The van der Waals surface area contributed by atoms with Gasteiger partial charge in [-0.2, -0.15) is 0 Å². The van der Waals surface area contributed by atoms with Gasteiger partial charge in [-0.3, -0.25) is 0 Å². The number of alkyl halides is 1. The third-order valence-corrected chi connectivity index (χ3v) is 4.82. The van der Waals surface area contributed by atoms with Crippen LogP contribution in [0.5, 0.6) is 0 Å².